The maximum absolute atomic E-state index is 12.5. The van der Waals surface area contributed by atoms with E-state index in [4.69, 9.17) is 5.73 Å². The SMILES string of the molecule is CC(C)C[C@H](N)C(=O)N1CCCC(c2nnc3n2CCC3)C1. The predicted molar refractivity (Wildman–Crippen MR) is 84.3 cm³/mol. The fourth-order valence-corrected chi connectivity index (χ4v) is 3.71. The smallest absolute Gasteiger partial charge is 0.239 e. The summed E-state index contributed by atoms with van der Waals surface area (Å²) in [5.41, 5.74) is 6.08. The lowest BCUT2D eigenvalue weighted by molar-refractivity contribution is -0.134. The lowest BCUT2D eigenvalue weighted by atomic mass is 9.95. The van der Waals surface area contributed by atoms with Crippen LogP contribution in [0.25, 0.3) is 0 Å². The van der Waals surface area contributed by atoms with Gasteiger partial charge < -0.3 is 15.2 Å². The first kappa shape index (κ1) is 15.5. The molecule has 122 valence electrons. The van der Waals surface area contributed by atoms with Crippen molar-refractivity contribution >= 4 is 5.91 Å². The number of hydrogen-bond acceptors (Lipinski definition) is 4. The molecule has 1 saturated heterocycles. The molecule has 2 atom stereocenters. The molecule has 0 aliphatic carbocycles. The minimum atomic E-state index is -0.372. The largest absolute Gasteiger partial charge is 0.341 e. The Balaban J connectivity index is 1.67. The third-order valence-electron chi connectivity index (χ3n) is 4.78. The van der Waals surface area contributed by atoms with Crippen LogP contribution in [0.1, 0.15) is 57.1 Å². The van der Waals surface area contributed by atoms with Gasteiger partial charge in [0.15, 0.2) is 0 Å². The average molecular weight is 305 g/mol. The molecule has 0 radical (unpaired) electrons. The quantitative estimate of drug-likeness (QED) is 0.909. The van der Waals surface area contributed by atoms with Crippen LogP contribution < -0.4 is 5.73 Å². The third-order valence-corrected chi connectivity index (χ3v) is 4.78. The van der Waals surface area contributed by atoms with E-state index in [2.05, 4.69) is 28.6 Å². The van der Waals surface area contributed by atoms with E-state index >= 15 is 0 Å². The summed E-state index contributed by atoms with van der Waals surface area (Å²) in [6.45, 7) is 6.79. The highest BCUT2D eigenvalue weighted by atomic mass is 16.2. The van der Waals surface area contributed by atoms with E-state index in [0.717, 1.165) is 63.4 Å². The summed E-state index contributed by atoms with van der Waals surface area (Å²) >= 11 is 0. The second-order valence-corrected chi connectivity index (χ2v) is 7.09. The van der Waals surface area contributed by atoms with Crippen molar-refractivity contribution in [1.82, 2.24) is 19.7 Å². The van der Waals surface area contributed by atoms with Crippen molar-refractivity contribution in [3.63, 3.8) is 0 Å². The van der Waals surface area contributed by atoms with E-state index < -0.39 is 0 Å². The van der Waals surface area contributed by atoms with Gasteiger partial charge in [-0.1, -0.05) is 13.8 Å². The van der Waals surface area contributed by atoms with Crippen LogP contribution in [0, 0.1) is 5.92 Å². The van der Waals surface area contributed by atoms with Gasteiger partial charge in [0, 0.05) is 32.0 Å². The van der Waals surface area contributed by atoms with Gasteiger partial charge in [0.05, 0.1) is 6.04 Å². The fraction of sp³-hybridized carbons (Fsp3) is 0.812. The Bertz CT molecular complexity index is 539. The number of nitrogens with zero attached hydrogens (tertiary/aromatic N) is 4. The molecule has 6 heteroatoms. The second-order valence-electron chi connectivity index (χ2n) is 7.09. The van der Waals surface area contributed by atoms with Crippen LogP contribution in [0.15, 0.2) is 0 Å². The summed E-state index contributed by atoms with van der Waals surface area (Å²) in [7, 11) is 0. The Labute approximate surface area is 132 Å². The number of carbonyl (C=O) groups is 1. The number of rotatable bonds is 4. The summed E-state index contributed by atoms with van der Waals surface area (Å²) in [6.07, 6.45) is 5.04. The van der Waals surface area contributed by atoms with Crippen molar-refractivity contribution in [1.29, 1.82) is 0 Å². The number of hydrogen-bond donors (Lipinski definition) is 1. The number of carbonyl (C=O) groups excluding carboxylic acids is 1. The van der Waals surface area contributed by atoms with Crippen LogP contribution in [0.4, 0.5) is 0 Å². The van der Waals surface area contributed by atoms with Crippen molar-refractivity contribution in [2.45, 2.75) is 64.5 Å². The van der Waals surface area contributed by atoms with Crippen LogP contribution in [0.2, 0.25) is 0 Å². The van der Waals surface area contributed by atoms with Crippen LogP contribution in [-0.4, -0.2) is 44.7 Å². The van der Waals surface area contributed by atoms with Gasteiger partial charge in [0.25, 0.3) is 0 Å². The first-order valence-electron chi connectivity index (χ1n) is 8.52. The van der Waals surface area contributed by atoms with E-state index in [1.807, 2.05) is 4.90 Å². The summed E-state index contributed by atoms with van der Waals surface area (Å²) in [5, 5.41) is 8.69. The molecule has 3 rings (SSSR count). The van der Waals surface area contributed by atoms with E-state index in [-0.39, 0.29) is 11.9 Å². The molecule has 0 aromatic carbocycles. The summed E-state index contributed by atoms with van der Waals surface area (Å²) in [5.74, 6) is 3.03. The molecular weight excluding hydrogens is 278 g/mol. The number of likely N-dealkylation sites (tertiary alicyclic amines) is 1. The van der Waals surface area contributed by atoms with Gasteiger partial charge >= 0.3 is 0 Å². The molecule has 0 spiro atoms. The normalized spacial score (nSPS) is 22.9. The number of nitrogens with two attached hydrogens (primary N) is 1. The highest BCUT2D eigenvalue weighted by molar-refractivity contribution is 5.81. The number of aromatic nitrogens is 3. The second kappa shape index (κ2) is 6.36. The van der Waals surface area contributed by atoms with Crippen LogP contribution in [0.3, 0.4) is 0 Å². The molecule has 2 aliphatic heterocycles. The molecular formula is C16H27N5O. The molecule has 2 N–H and O–H groups in total. The molecule has 22 heavy (non-hydrogen) atoms. The van der Waals surface area contributed by atoms with Crippen molar-refractivity contribution in [2.75, 3.05) is 13.1 Å². The maximum atomic E-state index is 12.5. The van der Waals surface area contributed by atoms with E-state index in [1.165, 1.54) is 0 Å². The maximum Gasteiger partial charge on any atom is 0.239 e. The monoisotopic (exact) mass is 305 g/mol. The minimum Gasteiger partial charge on any atom is -0.341 e. The minimum absolute atomic E-state index is 0.0968. The Morgan fingerprint density at radius 3 is 2.91 bits per heavy atom. The van der Waals surface area contributed by atoms with E-state index in [0.29, 0.717) is 11.8 Å². The average Bonchev–Trinajstić information content (AvgIpc) is 3.08. The molecule has 1 fully saturated rings. The molecule has 0 saturated carbocycles. The summed E-state index contributed by atoms with van der Waals surface area (Å²) < 4.78 is 2.26. The Morgan fingerprint density at radius 2 is 2.14 bits per heavy atom. The van der Waals surface area contributed by atoms with Gasteiger partial charge in [0.1, 0.15) is 11.6 Å². The zero-order valence-corrected chi connectivity index (χ0v) is 13.7. The number of fused-ring (bicyclic) bond motifs is 1. The molecule has 2 aliphatic rings. The van der Waals surface area contributed by atoms with Gasteiger partial charge in [0.2, 0.25) is 5.91 Å². The molecule has 1 aromatic rings. The van der Waals surface area contributed by atoms with Crippen LogP contribution >= 0.6 is 0 Å². The van der Waals surface area contributed by atoms with Crippen LogP contribution in [0.5, 0.6) is 0 Å². The molecule has 1 amide bonds. The van der Waals surface area contributed by atoms with Gasteiger partial charge in [-0.15, -0.1) is 10.2 Å². The molecule has 1 aromatic heterocycles. The van der Waals surface area contributed by atoms with Crippen molar-refractivity contribution in [3.8, 4) is 0 Å². The third kappa shape index (κ3) is 3.02. The lowest BCUT2D eigenvalue weighted by Gasteiger charge is -2.34. The standard InChI is InChI=1S/C16H27N5O/c1-11(2)9-13(17)16(22)20-7-3-5-12(10-20)15-19-18-14-6-4-8-21(14)15/h11-13H,3-10,17H2,1-2H3/t12?,13-/m0/s1. The Kier molecular flexibility index (Phi) is 4.47. The summed E-state index contributed by atoms with van der Waals surface area (Å²) in [6, 6.07) is -0.372. The molecule has 1 unspecified atom stereocenters. The summed E-state index contributed by atoms with van der Waals surface area (Å²) in [4.78, 5) is 14.5. The number of amides is 1. The fourth-order valence-electron chi connectivity index (χ4n) is 3.71. The predicted octanol–water partition coefficient (Wildman–Crippen LogP) is 1.30. The number of piperidine rings is 1. The molecule has 3 heterocycles. The van der Waals surface area contributed by atoms with Gasteiger partial charge in [-0.2, -0.15) is 0 Å². The van der Waals surface area contributed by atoms with Gasteiger partial charge in [-0.25, -0.2) is 0 Å². The van der Waals surface area contributed by atoms with Crippen molar-refractivity contribution in [2.24, 2.45) is 11.7 Å². The highest BCUT2D eigenvalue weighted by Crippen LogP contribution is 2.28. The Morgan fingerprint density at radius 1 is 1.32 bits per heavy atom. The molecule has 0 bridgehead atoms. The topological polar surface area (TPSA) is 77.0 Å². The van der Waals surface area contributed by atoms with Gasteiger partial charge in [-0.3, -0.25) is 4.79 Å². The first-order chi connectivity index (χ1) is 10.6. The lowest BCUT2D eigenvalue weighted by Crippen LogP contribution is -2.48. The number of aryl methyl sites for hydroxylation is 1. The van der Waals surface area contributed by atoms with Crippen LogP contribution in [-0.2, 0) is 17.8 Å². The molecule has 6 nitrogen and oxygen atoms in total. The van der Waals surface area contributed by atoms with E-state index in [9.17, 15) is 4.79 Å². The van der Waals surface area contributed by atoms with Gasteiger partial charge in [-0.05, 0) is 31.6 Å². The van der Waals surface area contributed by atoms with Crippen molar-refractivity contribution < 1.29 is 4.79 Å². The highest BCUT2D eigenvalue weighted by Gasteiger charge is 2.31. The van der Waals surface area contributed by atoms with E-state index in [1.54, 1.807) is 0 Å². The Hall–Kier alpha value is -1.43. The van der Waals surface area contributed by atoms with Crippen molar-refractivity contribution in [3.05, 3.63) is 11.6 Å². The first-order valence-corrected chi connectivity index (χ1v) is 8.52. The zero-order chi connectivity index (χ0) is 15.7. The zero-order valence-electron chi connectivity index (χ0n) is 13.7.